The van der Waals surface area contributed by atoms with Crippen molar-refractivity contribution in [1.29, 1.82) is 0 Å². The van der Waals surface area contributed by atoms with Crippen LogP contribution in [0.4, 0.5) is 22.1 Å². The quantitative estimate of drug-likeness (QED) is 0.908. The van der Waals surface area contributed by atoms with Gasteiger partial charge in [0, 0.05) is 24.8 Å². The molecular weight excluding hydrogens is 294 g/mol. The number of carbonyl (C=O) groups is 1. The van der Waals surface area contributed by atoms with Crippen LogP contribution in [0, 0.1) is 6.92 Å². The van der Waals surface area contributed by atoms with Gasteiger partial charge in [-0.2, -0.15) is 0 Å². The summed E-state index contributed by atoms with van der Waals surface area (Å²) in [4.78, 5) is 22.6. The molecule has 2 amide bonds. The number of aryl methyl sites for hydroxylation is 1. The predicted octanol–water partition coefficient (Wildman–Crippen LogP) is 2.27. The zero-order chi connectivity index (χ0) is 16.1. The number of anilines is 3. The van der Waals surface area contributed by atoms with Crippen molar-refractivity contribution < 1.29 is 9.53 Å². The number of aromatic nitrogens is 2. The van der Waals surface area contributed by atoms with Crippen molar-refractivity contribution in [3.63, 3.8) is 0 Å². The lowest BCUT2D eigenvalue weighted by atomic mass is 10.2. The molecule has 3 rings (SSSR count). The molecule has 7 heteroatoms. The van der Waals surface area contributed by atoms with Crippen LogP contribution in [0.5, 0.6) is 0 Å². The summed E-state index contributed by atoms with van der Waals surface area (Å²) in [7, 11) is 0. The van der Waals surface area contributed by atoms with E-state index in [1.54, 1.807) is 6.07 Å². The predicted molar refractivity (Wildman–Crippen MR) is 88.9 cm³/mol. The van der Waals surface area contributed by atoms with Crippen LogP contribution < -0.4 is 15.5 Å². The zero-order valence-electron chi connectivity index (χ0n) is 13.0. The van der Waals surface area contributed by atoms with Crippen molar-refractivity contribution in [2.75, 3.05) is 41.8 Å². The van der Waals surface area contributed by atoms with Gasteiger partial charge in [0.2, 0.25) is 0 Å². The molecule has 1 fully saturated rings. The van der Waals surface area contributed by atoms with Gasteiger partial charge in [-0.25, -0.2) is 14.8 Å². The van der Waals surface area contributed by atoms with E-state index in [4.69, 9.17) is 4.74 Å². The molecule has 0 radical (unpaired) electrons. The highest BCUT2D eigenvalue weighted by Crippen LogP contribution is 2.17. The van der Waals surface area contributed by atoms with Crippen molar-refractivity contribution in [1.82, 2.24) is 9.97 Å². The van der Waals surface area contributed by atoms with Crippen molar-refractivity contribution in [2.24, 2.45) is 0 Å². The van der Waals surface area contributed by atoms with Crippen LogP contribution in [-0.4, -0.2) is 42.3 Å². The minimum Gasteiger partial charge on any atom is -0.378 e. The molecule has 7 nitrogen and oxygen atoms in total. The molecule has 1 aliphatic heterocycles. The van der Waals surface area contributed by atoms with Gasteiger partial charge in [-0.15, -0.1) is 0 Å². The number of ether oxygens (including phenoxy) is 1. The number of benzene rings is 1. The number of hydrogen-bond acceptors (Lipinski definition) is 5. The molecule has 1 aromatic carbocycles. The summed E-state index contributed by atoms with van der Waals surface area (Å²) in [6.07, 6.45) is 1.45. The number of morpholine rings is 1. The van der Waals surface area contributed by atoms with Crippen molar-refractivity contribution >= 4 is 23.4 Å². The van der Waals surface area contributed by atoms with E-state index < -0.39 is 0 Å². The normalized spacial score (nSPS) is 14.4. The van der Waals surface area contributed by atoms with Crippen LogP contribution in [0.3, 0.4) is 0 Å². The van der Waals surface area contributed by atoms with Crippen LogP contribution >= 0.6 is 0 Å². The number of nitrogens with one attached hydrogen (secondary N) is 2. The lowest BCUT2D eigenvalue weighted by molar-refractivity contribution is 0.122. The topological polar surface area (TPSA) is 79.4 Å². The van der Waals surface area contributed by atoms with Gasteiger partial charge in [0.15, 0.2) is 0 Å². The highest BCUT2D eigenvalue weighted by molar-refractivity contribution is 5.99. The zero-order valence-corrected chi connectivity index (χ0v) is 13.0. The highest BCUT2D eigenvalue weighted by atomic mass is 16.5. The standard InChI is InChI=1S/C16H19N5O2/c1-12-4-2-3-5-13(12)19-16(22)20-14-10-15(18-11-17-14)21-6-8-23-9-7-21/h2-5,10-11H,6-9H2,1H3,(H2,17,18,19,20,22). The fourth-order valence-electron chi connectivity index (χ4n) is 2.36. The summed E-state index contributed by atoms with van der Waals surface area (Å²) in [5.41, 5.74) is 1.77. The van der Waals surface area contributed by atoms with Gasteiger partial charge in [0.05, 0.1) is 13.2 Å². The van der Waals surface area contributed by atoms with E-state index >= 15 is 0 Å². The first kappa shape index (κ1) is 15.2. The first-order valence-corrected chi connectivity index (χ1v) is 7.51. The molecule has 2 aromatic rings. The molecule has 1 aliphatic rings. The van der Waals surface area contributed by atoms with Crippen LogP contribution in [0.1, 0.15) is 5.56 Å². The van der Waals surface area contributed by atoms with E-state index in [1.165, 1.54) is 6.33 Å². The van der Waals surface area contributed by atoms with Crippen LogP contribution in [0.25, 0.3) is 0 Å². The maximum absolute atomic E-state index is 12.1. The van der Waals surface area contributed by atoms with Crippen LogP contribution in [0.2, 0.25) is 0 Å². The monoisotopic (exact) mass is 313 g/mol. The van der Waals surface area contributed by atoms with E-state index in [1.807, 2.05) is 31.2 Å². The number of carbonyl (C=O) groups excluding carboxylic acids is 1. The fraction of sp³-hybridized carbons (Fsp3) is 0.312. The largest absolute Gasteiger partial charge is 0.378 e. The Balaban J connectivity index is 1.65. The molecule has 2 heterocycles. The van der Waals surface area contributed by atoms with Gasteiger partial charge in [0.25, 0.3) is 0 Å². The summed E-state index contributed by atoms with van der Waals surface area (Å²) in [6.45, 7) is 4.87. The Morgan fingerprint density at radius 1 is 1.17 bits per heavy atom. The van der Waals surface area contributed by atoms with E-state index in [0.29, 0.717) is 19.0 Å². The molecule has 0 saturated carbocycles. The molecule has 23 heavy (non-hydrogen) atoms. The summed E-state index contributed by atoms with van der Waals surface area (Å²) in [5, 5.41) is 5.55. The molecule has 0 spiro atoms. The Bertz CT molecular complexity index is 686. The third kappa shape index (κ3) is 3.95. The van der Waals surface area contributed by atoms with E-state index in [-0.39, 0.29) is 6.03 Å². The minimum atomic E-state index is -0.328. The Hall–Kier alpha value is -2.67. The molecule has 120 valence electrons. The van der Waals surface area contributed by atoms with Crippen LogP contribution in [0.15, 0.2) is 36.7 Å². The van der Waals surface area contributed by atoms with E-state index in [2.05, 4.69) is 25.5 Å². The van der Waals surface area contributed by atoms with Gasteiger partial charge >= 0.3 is 6.03 Å². The molecular formula is C16H19N5O2. The van der Waals surface area contributed by atoms with E-state index in [9.17, 15) is 4.79 Å². The Morgan fingerprint density at radius 3 is 2.74 bits per heavy atom. The Morgan fingerprint density at radius 2 is 1.96 bits per heavy atom. The number of nitrogens with zero attached hydrogens (tertiary/aromatic N) is 3. The molecule has 0 aliphatic carbocycles. The molecule has 1 saturated heterocycles. The summed E-state index contributed by atoms with van der Waals surface area (Å²) < 4.78 is 5.33. The average Bonchev–Trinajstić information content (AvgIpc) is 2.58. The first-order chi connectivity index (χ1) is 11.2. The fourth-order valence-corrected chi connectivity index (χ4v) is 2.36. The molecule has 0 unspecified atom stereocenters. The second-order valence-corrected chi connectivity index (χ2v) is 5.25. The number of amides is 2. The molecule has 2 N–H and O–H groups in total. The maximum atomic E-state index is 12.1. The second-order valence-electron chi connectivity index (χ2n) is 5.25. The van der Waals surface area contributed by atoms with Crippen LogP contribution in [-0.2, 0) is 4.74 Å². The SMILES string of the molecule is Cc1ccccc1NC(=O)Nc1cc(N2CCOCC2)ncn1. The molecule has 0 atom stereocenters. The minimum absolute atomic E-state index is 0.328. The number of para-hydroxylation sites is 1. The number of hydrogen-bond donors (Lipinski definition) is 2. The third-order valence-corrected chi connectivity index (χ3v) is 3.62. The van der Waals surface area contributed by atoms with Crippen molar-refractivity contribution in [2.45, 2.75) is 6.92 Å². The third-order valence-electron chi connectivity index (χ3n) is 3.62. The Labute approximate surface area is 134 Å². The Kier molecular flexibility index (Phi) is 4.68. The second kappa shape index (κ2) is 7.06. The lowest BCUT2D eigenvalue weighted by Crippen LogP contribution is -2.36. The van der Waals surface area contributed by atoms with Gasteiger partial charge in [0.1, 0.15) is 18.0 Å². The van der Waals surface area contributed by atoms with Crippen molar-refractivity contribution in [3.8, 4) is 0 Å². The van der Waals surface area contributed by atoms with Crippen molar-refractivity contribution in [3.05, 3.63) is 42.2 Å². The number of urea groups is 1. The van der Waals surface area contributed by atoms with E-state index in [0.717, 1.165) is 30.2 Å². The number of rotatable bonds is 3. The highest BCUT2D eigenvalue weighted by Gasteiger charge is 2.13. The summed E-state index contributed by atoms with van der Waals surface area (Å²) in [5.74, 6) is 1.25. The summed E-state index contributed by atoms with van der Waals surface area (Å²) in [6, 6.07) is 9.04. The van der Waals surface area contributed by atoms with Gasteiger partial charge in [-0.1, -0.05) is 18.2 Å². The molecule has 0 bridgehead atoms. The summed E-state index contributed by atoms with van der Waals surface area (Å²) >= 11 is 0. The van der Waals surface area contributed by atoms with Gasteiger partial charge in [-0.05, 0) is 18.6 Å². The van der Waals surface area contributed by atoms with Gasteiger partial charge < -0.3 is 15.0 Å². The average molecular weight is 313 g/mol. The first-order valence-electron chi connectivity index (χ1n) is 7.51. The molecule has 1 aromatic heterocycles. The maximum Gasteiger partial charge on any atom is 0.324 e. The lowest BCUT2D eigenvalue weighted by Gasteiger charge is -2.27. The van der Waals surface area contributed by atoms with Gasteiger partial charge in [-0.3, -0.25) is 5.32 Å². The smallest absolute Gasteiger partial charge is 0.324 e.